The molecule has 2 N–H and O–H groups in total. The number of amides is 2. The van der Waals surface area contributed by atoms with Crippen molar-refractivity contribution >= 4 is 17.8 Å². The molecule has 0 spiro atoms. The van der Waals surface area contributed by atoms with Crippen molar-refractivity contribution in [1.82, 2.24) is 20.2 Å². The first-order valence-corrected chi connectivity index (χ1v) is 13.1. The number of nitrogens with one attached hydrogen (secondary N) is 1. The van der Waals surface area contributed by atoms with E-state index in [2.05, 4.69) is 20.2 Å². The Labute approximate surface area is 206 Å². The minimum absolute atomic E-state index is 0.0650. The van der Waals surface area contributed by atoms with Crippen LogP contribution in [0.25, 0.3) is 0 Å². The molecule has 35 heavy (non-hydrogen) atoms. The molecule has 1 unspecified atom stereocenters. The third-order valence-electron chi connectivity index (χ3n) is 7.95. The maximum absolute atomic E-state index is 13.3. The minimum atomic E-state index is -1.26. The Bertz CT molecular complexity index is 868. The normalized spacial score (nSPS) is 29.0. The van der Waals surface area contributed by atoms with E-state index in [9.17, 15) is 14.7 Å². The summed E-state index contributed by atoms with van der Waals surface area (Å²) in [5.74, 6) is 0.412. The van der Waals surface area contributed by atoms with Gasteiger partial charge in [0.1, 0.15) is 11.7 Å². The fourth-order valence-electron chi connectivity index (χ4n) is 5.65. The lowest BCUT2D eigenvalue weighted by Crippen LogP contribution is -2.64. The third-order valence-corrected chi connectivity index (χ3v) is 7.95. The smallest absolute Gasteiger partial charge is 0.254 e. The van der Waals surface area contributed by atoms with Gasteiger partial charge in [0.25, 0.3) is 5.91 Å². The van der Waals surface area contributed by atoms with Gasteiger partial charge in [0, 0.05) is 38.6 Å². The van der Waals surface area contributed by atoms with E-state index in [0.717, 1.165) is 64.0 Å². The summed E-state index contributed by atoms with van der Waals surface area (Å²) in [5.41, 5.74) is -1.26. The van der Waals surface area contributed by atoms with E-state index in [4.69, 9.17) is 9.47 Å². The quantitative estimate of drug-likeness (QED) is 0.586. The van der Waals surface area contributed by atoms with Crippen molar-refractivity contribution in [1.29, 1.82) is 0 Å². The van der Waals surface area contributed by atoms with Gasteiger partial charge in [-0.25, -0.2) is 9.97 Å². The van der Waals surface area contributed by atoms with Crippen molar-refractivity contribution in [3.63, 3.8) is 0 Å². The van der Waals surface area contributed by atoms with E-state index >= 15 is 0 Å². The molecule has 5 rings (SSSR count). The summed E-state index contributed by atoms with van der Waals surface area (Å²) >= 11 is 0. The summed E-state index contributed by atoms with van der Waals surface area (Å²) in [5, 5.41) is 13.9. The number of hydrogen-bond acceptors (Lipinski definition) is 8. The first-order chi connectivity index (χ1) is 17.0. The van der Waals surface area contributed by atoms with E-state index in [1.165, 1.54) is 0 Å². The van der Waals surface area contributed by atoms with Crippen LogP contribution < -0.4 is 10.2 Å². The van der Waals surface area contributed by atoms with Crippen molar-refractivity contribution in [3.05, 3.63) is 18.5 Å². The summed E-state index contributed by atoms with van der Waals surface area (Å²) in [6, 6.07) is 1.29. The Morgan fingerprint density at radius 3 is 2.51 bits per heavy atom. The molecule has 1 aromatic heterocycles. The van der Waals surface area contributed by atoms with Gasteiger partial charge >= 0.3 is 0 Å². The Balaban J connectivity index is 1.22. The molecular weight excluding hydrogens is 450 g/mol. The molecule has 2 amide bonds. The molecule has 0 radical (unpaired) electrons. The van der Waals surface area contributed by atoms with Crippen molar-refractivity contribution in [2.45, 2.75) is 87.7 Å². The molecule has 3 atom stereocenters. The van der Waals surface area contributed by atoms with Crippen LogP contribution in [0.15, 0.2) is 18.5 Å². The monoisotopic (exact) mass is 487 g/mol. The molecule has 4 aliphatic rings. The van der Waals surface area contributed by atoms with E-state index in [-0.39, 0.29) is 30.0 Å². The molecule has 1 aromatic rings. The second-order valence-electron chi connectivity index (χ2n) is 10.3. The fourth-order valence-corrected chi connectivity index (χ4v) is 5.65. The number of carbonyl (C=O) groups excluding carboxylic acids is 2. The third kappa shape index (κ3) is 5.44. The average Bonchev–Trinajstić information content (AvgIpc) is 3.42. The van der Waals surface area contributed by atoms with Gasteiger partial charge in [-0.3, -0.25) is 9.59 Å². The number of anilines is 1. The zero-order chi connectivity index (χ0) is 24.3. The molecule has 4 fully saturated rings. The van der Waals surface area contributed by atoms with E-state index in [1.54, 1.807) is 17.3 Å². The van der Waals surface area contributed by atoms with Crippen LogP contribution in [0.2, 0.25) is 0 Å². The highest BCUT2D eigenvalue weighted by atomic mass is 16.5. The molecule has 10 nitrogen and oxygen atoms in total. The molecule has 10 heteroatoms. The van der Waals surface area contributed by atoms with Crippen molar-refractivity contribution < 1.29 is 24.2 Å². The maximum atomic E-state index is 13.3. The molecule has 3 saturated heterocycles. The van der Waals surface area contributed by atoms with Crippen LogP contribution in [-0.4, -0.2) is 94.5 Å². The standard InChI is InChI=1S/C25H37N5O5/c31-22(21-6-2-16-34-21)28-19-5-1-13-30(23(32)25(33)9-3-10-25)20(19)17-35-18-7-14-29(15-8-18)24-26-11-4-12-27-24/h4,11-12,18-21,33H,1-3,5-10,13-17H2,(H,28,31)/t19-,20-,21?/m1/s1. The number of piperidine rings is 2. The summed E-state index contributed by atoms with van der Waals surface area (Å²) in [6.07, 6.45) is 9.88. The number of ether oxygens (including phenoxy) is 2. The Kier molecular flexibility index (Phi) is 7.50. The second-order valence-corrected chi connectivity index (χ2v) is 10.3. The highest BCUT2D eigenvalue weighted by Gasteiger charge is 2.48. The average molecular weight is 488 g/mol. The van der Waals surface area contributed by atoms with E-state index < -0.39 is 11.7 Å². The zero-order valence-electron chi connectivity index (χ0n) is 20.3. The zero-order valence-corrected chi connectivity index (χ0v) is 20.3. The molecule has 0 bridgehead atoms. The summed E-state index contributed by atoms with van der Waals surface area (Å²) in [7, 11) is 0. The van der Waals surface area contributed by atoms with Gasteiger partial charge in [-0.2, -0.15) is 0 Å². The van der Waals surface area contributed by atoms with E-state index in [0.29, 0.717) is 32.6 Å². The van der Waals surface area contributed by atoms with Gasteiger partial charge in [-0.15, -0.1) is 0 Å². The van der Waals surface area contributed by atoms with Crippen molar-refractivity contribution in [2.75, 3.05) is 37.7 Å². The van der Waals surface area contributed by atoms with Gasteiger partial charge < -0.3 is 29.7 Å². The molecule has 192 valence electrons. The van der Waals surface area contributed by atoms with Crippen LogP contribution in [0.1, 0.15) is 57.8 Å². The largest absolute Gasteiger partial charge is 0.380 e. The second kappa shape index (κ2) is 10.8. The number of rotatable bonds is 7. The Morgan fingerprint density at radius 1 is 1.09 bits per heavy atom. The van der Waals surface area contributed by atoms with Crippen LogP contribution >= 0.6 is 0 Å². The predicted octanol–water partition coefficient (Wildman–Crippen LogP) is 1.03. The van der Waals surface area contributed by atoms with Crippen LogP contribution in [0, 0.1) is 0 Å². The number of aliphatic hydroxyl groups is 1. The first kappa shape index (κ1) is 24.4. The molecule has 3 aliphatic heterocycles. The highest BCUT2D eigenvalue weighted by Crippen LogP contribution is 2.35. The number of carbonyl (C=O) groups is 2. The van der Waals surface area contributed by atoms with Gasteiger partial charge in [0.2, 0.25) is 11.9 Å². The number of likely N-dealkylation sites (tertiary alicyclic amines) is 1. The van der Waals surface area contributed by atoms with Gasteiger partial charge in [-0.05, 0) is 63.9 Å². The van der Waals surface area contributed by atoms with Crippen LogP contribution in [-0.2, 0) is 19.1 Å². The lowest BCUT2D eigenvalue weighted by atomic mass is 9.78. The summed E-state index contributed by atoms with van der Waals surface area (Å²) in [4.78, 5) is 38.8. The lowest BCUT2D eigenvalue weighted by molar-refractivity contribution is -0.168. The predicted molar refractivity (Wildman–Crippen MR) is 128 cm³/mol. The maximum Gasteiger partial charge on any atom is 0.254 e. The number of hydrogen-bond donors (Lipinski definition) is 2. The number of aromatic nitrogens is 2. The van der Waals surface area contributed by atoms with Gasteiger partial charge in [0.05, 0.1) is 24.8 Å². The van der Waals surface area contributed by atoms with Crippen molar-refractivity contribution in [3.8, 4) is 0 Å². The topological polar surface area (TPSA) is 117 Å². The molecule has 1 saturated carbocycles. The fraction of sp³-hybridized carbons (Fsp3) is 0.760. The number of nitrogens with zero attached hydrogens (tertiary/aromatic N) is 4. The van der Waals surface area contributed by atoms with Crippen LogP contribution in [0.3, 0.4) is 0 Å². The lowest BCUT2D eigenvalue weighted by Gasteiger charge is -2.47. The SMILES string of the molecule is O=C(N[C@@H]1CCCN(C(=O)C2(O)CCC2)[C@@H]1COC1CCN(c2ncccn2)CC1)C1CCCO1. The van der Waals surface area contributed by atoms with Gasteiger partial charge in [0.15, 0.2) is 0 Å². The van der Waals surface area contributed by atoms with Crippen molar-refractivity contribution in [2.24, 2.45) is 0 Å². The molecular formula is C25H37N5O5. The Hall–Kier alpha value is -2.30. The first-order valence-electron chi connectivity index (χ1n) is 13.1. The van der Waals surface area contributed by atoms with Gasteiger partial charge in [-0.1, -0.05) is 0 Å². The molecule has 0 aromatic carbocycles. The Morgan fingerprint density at radius 2 is 1.86 bits per heavy atom. The highest BCUT2D eigenvalue weighted by molar-refractivity contribution is 5.86. The van der Waals surface area contributed by atoms with Crippen LogP contribution in [0.5, 0.6) is 0 Å². The van der Waals surface area contributed by atoms with E-state index in [1.807, 2.05) is 6.07 Å². The van der Waals surface area contributed by atoms with Crippen LogP contribution in [0.4, 0.5) is 5.95 Å². The summed E-state index contributed by atoms with van der Waals surface area (Å²) in [6.45, 7) is 3.14. The summed E-state index contributed by atoms with van der Waals surface area (Å²) < 4.78 is 11.9. The molecule has 1 aliphatic carbocycles. The minimum Gasteiger partial charge on any atom is -0.380 e. The molecule has 4 heterocycles.